The molecular formula is C68H110N2O12. The second-order valence-electron chi connectivity index (χ2n) is 22.8. The fourth-order valence-corrected chi connectivity index (χ4v) is 9.62. The number of carbonyl (C=O) groups excluding carboxylic acids is 3. The van der Waals surface area contributed by atoms with E-state index in [0.717, 1.165) is 48.2 Å². The van der Waals surface area contributed by atoms with Gasteiger partial charge in [0, 0.05) is 38.1 Å². The quantitative estimate of drug-likeness (QED) is 0.0338. The molecule has 2 aliphatic carbocycles. The zero-order valence-electron chi connectivity index (χ0n) is 52.8. The minimum absolute atomic E-state index is 0.0809. The first-order valence-corrected chi connectivity index (χ1v) is 30.6. The Morgan fingerprint density at radius 2 is 0.878 bits per heavy atom. The fraction of sp³-hybridized carbons (Fsp3) is 0.662. The first kappa shape index (κ1) is 73.8. The molecule has 82 heavy (non-hydrogen) atoms. The Morgan fingerprint density at radius 3 is 1.28 bits per heavy atom. The molecule has 0 bridgehead atoms. The summed E-state index contributed by atoms with van der Waals surface area (Å²) in [5.74, 6) is -0.992. The summed E-state index contributed by atoms with van der Waals surface area (Å²) in [6, 6.07) is 0. The fourth-order valence-electron chi connectivity index (χ4n) is 9.62. The van der Waals surface area contributed by atoms with E-state index in [1.54, 1.807) is 12.2 Å². The molecule has 0 aromatic carbocycles. The molecule has 0 aromatic heterocycles. The van der Waals surface area contributed by atoms with E-state index in [4.69, 9.17) is 42.6 Å². The molecule has 2 rings (SSSR count). The van der Waals surface area contributed by atoms with Crippen LogP contribution < -0.4 is 10.6 Å². The van der Waals surface area contributed by atoms with E-state index in [-0.39, 0.29) is 34.8 Å². The van der Waals surface area contributed by atoms with Gasteiger partial charge in [-0.25, -0.2) is 0 Å². The number of hydrogen-bond acceptors (Lipinski definition) is 12. The Labute approximate surface area is 496 Å². The van der Waals surface area contributed by atoms with Gasteiger partial charge in [0.15, 0.2) is 5.78 Å². The zero-order valence-corrected chi connectivity index (χ0v) is 52.8. The standard InChI is InChI=1S/C68H110N2O12/c1-12-34-74-36-38-76-40-42-78-44-46-80-48-50-82-51-49-81-47-45-79-43-41-77-39-37-75-35-33-70-66(73)61(54-62(71)52-57(4)21-15-19-55(2)26-28-63-59(6)23-17-30-67(63,8)9)25-13-14-32-69-65(72)53-58(5)22-16-20-56(3)27-29-64-60(7)24-18-31-68(64,10)11/h15-16,19-22,26-29,52-53,61H,12-14,17-18,23-25,30-51,54H2,1-11H3,(H,69,72)(H,70,73)/b21-15+,22-16+,28-26+,29-27+,55-19+,56-20+,57-52+,58-53+/t61-/m0/s1. The minimum atomic E-state index is -0.527. The van der Waals surface area contributed by atoms with Crippen LogP contribution in [0.25, 0.3) is 0 Å². The smallest absolute Gasteiger partial charge is 0.244 e. The topological polar surface area (TPSA) is 158 Å². The van der Waals surface area contributed by atoms with Gasteiger partial charge < -0.3 is 53.3 Å². The highest BCUT2D eigenvalue weighted by Gasteiger charge is 2.27. The molecule has 14 nitrogen and oxygen atoms in total. The van der Waals surface area contributed by atoms with Crippen LogP contribution >= 0.6 is 0 Å². The number of nitrogens with one attached hydrogen (secondary N) is 2. The number of rotatable bonds is 47. The lowest BCUT2D eigenvalue weighted by atomic mass is 9.72. The molecule has 2 aliphatic rings. The Hall–Kier alpha value is -4.35. The molecule has 14 heteroatoms. The third kappa shape index (κ3) is 37.1. The van der Waals surface area contributed by atoms with Crippen LogP contribution in [0.1, 0.15) is 147 Å². The van der Waals surface area contributed by atoms with Crippen LogP contribution in [0.2, 0.25) is 0 Å². The lowest BCUT2D eigenvalue weighted by molar-refractivity contribution is -0.128. The van der Waals surface area contributed by atoms with Crippen molar-refractivity contribution in [1.29, 1.82) is 0 Å². The molecule has 0 spiro atoms. The van der Waals surface area contributed by atoms with Crippen LogP contribution in [0.3, 0.4) is 0 Å². The summed E-state index contributed by atoms with van der Waals surface area (Å²) in [7, 11) is 0. The van der Waals surface area contributed by atoms with Gasteiger partial charge >= 0.3 is 0 Å². The highest BCUT2D eigenvalue weighted by molar-refractivity contribution is 5.94. The summed E-state index contributed by atoms with van der Waals surface area (Å²) in [4.78, 5) is 39.7. The summed E-state index contributed by atoms with van der Waals surface area (Å²) in [5.41, 5.74) is 10.1. The SMILES string of the molecule is CCCOCCOCCOCCOCCOCCOCCOCCOCCOCCNC(=O)[C@@H](CCCCNC(=O)/C=C(C)/C=C/C=C(C)/C=C/C1=C(C)CCCC1(C)C)CC(=O)/C=C(C)/C=C/C=C(C)/C=C/C1=C(C)CCCC1(C)C. The first-order valence-electron chi connectivity index (χ1n) is 30.6. The maximum Gasteiger partial charge on any atom is 0.244 e. The molecule has 2 N–H and O–H groups in total. The number of hydrogen-bond donors (Lipinski definition) is 2. The molecule has 0 saturated carbocycles. The van der Waals surface area contributed by atoms with Crippen molar-refractivity contribution in [2.24, 2.45) is 16.7 Å². The predicted octanol–water partition coefficient (Wildman–Crippen LogP) is 12.6. The summed E-state index contributed by atoms with van der Waals surface area (Å²) < 4.78 is 49.8. The van der Waals surface area contributed by atoms with E-state index < -0.39 is 5.92 Å². The van der Waals surface area contributed by atoms with Crippen molar-refractivity contribution in [2.45, 2.75) is 147 Å². The van der Waals surface area contributed by atoms with Crippen molar-refractivity contribution >= 4 is 17.6 Å². The molecule has 2 amide bonds. The second kappa shape index (κ2) is 46.0. The van der Waals surface area contributed by atoms with Gasteiger partial charge in [0.2, 0.25) is 11.8 Å². The number of carbonyl (C=O) groups is 3. The summed E-state index contributed by atoms with van der Waals surface area (Å²) in [6.45, 7) is 33.4. The average Bonchev–Trinajstić information content (AvgIpc) is 3.47. The van der Waals surface area contributed by atoms with E-state index in [1.165, 1.54) is 48.0 Å². The van der Waals surface area contributed by atoms with Crippen LogP contribution in [0.5, 0.6) is 0 Å². The Bertz CT molecular complexity index is 2140. The van der Waals surface area contributed by atoms with Gasteiger partial charge in [0.1, 0.15) is 0 Å². The van der Waals surface area contributed by atoms with Crippen LogP contribution in [0, 0.1) is 16.7 Å². The first-order chi connectivity index (χ1) is 39.4. The largest absolute Gasteiger partial charge is 0.379 e. The number of ketones is 1. The number of unbranched alkanes of at least 4 members (excludes halogenated alkanes) is 1. The molecule has 0 unspecified atom stereocenters. The number of ether oxygens (including phenoxy) is 9. The summed E-state index contributed by atoms with van der Waals surface area (Å²) in [5, 5.41) is 5.95. The highest BCUT2D eigenvalue weighted by atomic mass is 16.6. The lowest BCUT2D eigenvalue weighted by Crippen LogP contribution is -2.34. The van der Waals surface area contributed by atoms with E-state index in [0.29, 0.717) is 145 Å². The highest BCUT2D eigenvalue weighted by Crippen LogP contribution is 2.42. The van der Waals surface area contributed by atoms with Gasteiger partial charge in [-0.05, 0) is 139 Å². The monoisotopic (exact) mass is 1150 g/mol. The van der Waals surface area contributed by atoms with Gasteiger partial charge in [-0.2, -0.15) is 0 Å². The van der Waals surface area contributed by atoms with E-state index in [2.05, 4.69) is 103 Å². The Morgan fingerprint density at radius 1 is 0.488 bits per heavy atom. The summed E-state index contributed by atoms with van der Waals surface area (Å²) >= 11 is 0. The normalized spacial score (nSPS) is 16.9. The summed E-state index contributed by atoms with van der Waals surface area (Å²) in [6.07, 6.45) is 34.1. The maximum absolute atomic E-state index is 13.5. The van der Waals surface area contributed by atoms with Crippen molar-refractivity contribution < 1.29 is 57.0 Å². The number of amides is 2. The van der Waals surface area contributed by atoms with Crippen molar-refractivity contribution in [2.75, 3.05) is 132 Å². The van der Waals surface area contributed by atoms with Crippen molar-refractivity contribution in [3.8, 4) is 0 Å². The molecule has 0 radical (unpaired) electrons. The van der Waals surface area contributed by atoms with Crippen LogP contribution in [-0.2, 0) is 57.0 Å². The molecule has 0 saturated heterocycles. The van der Waals surface area contributed by atoms with Gasteiger partial charge in [-0.15, -0.1) is 0 Å². The van der Waals surface area contributed by atoms with E-state index >= 15 is 0 Å². The Kier molecular flexibility index (Phi) is 41.4. The van der Waals surface area contributed by atoms with Gasteiger partial charge in [0.05, 0.1) is 112 Å². The number of allylic oxidation sites excluding steroid dienone is 19. The van der Waals surface area contributed by atoms with Gasteiger partial charge in [0.25, 0.3) is 0 Å². The van der Waals surface area contributed by atoms with Gasteiger partial charge in [-0.1, -0.05) is 124 Å². The third-order valence-corrected chi connectivity index (χ3v) is 14.3. The van der Waals surface area contributed by atoms with Gasteiger partial charge in [-0.3, -0.25) is 14.4 Å². The van der Waals surface area contributed by atoms with Crippen molar-refractivity contribution in [3.63, 3.8) is 0 Å². The minimum Gasteiger partial charge on any atom is -0.379 e. The average molecular weight is 1150 g/mol. The molecule has 1 atom stereocenters. The lowest BCUT2D eigenvalue weighted by Gasteiger charge is -2.33. The molecular weight excluding hydrogens is 1040 g/mol. The third-order valence-electron chi connectivity index (χ3n) is 14.3. The second-order valence-corrected chi connectivity index (χ2v) is 22.8. The van der Waals surface area contributed by atoms with Crippen molar-refractivity contribution in [1.82, 2.24) is 10.6 Å². The van der Waals surface area contributed by atoms with Crippen LogP contribution in [-0.4, -0.2) is 150 Å². The van der Waals surface area contributed by atoms with Crippen LogP contribution in [0.4, 0.5) is 0 Å². The van der Waals surface area contributed by atoms with E-state index in [1.807, 2.05) is 44.2 Å². The predicted molar refractivity (Wildman–Crippen MR) is 333 cm³/mol. The molecule has 0 heterocycles. The molecule has 0 aliphatic heterocycles. The maximum atomic E-state index is 13.5. The Balaban J connectivity index is 1.73. The zero-order chi connectivity index (χ0) is 60.1. The van der Waals surface area contributed by atoms with E-state index in [9.17, 15) is 14.4 Å². The van der Waals surface area contributed by atoms with Crippen molar-refractivity contribution in [3.05, 3.63) is 117 Å². The van der Waals surface area contributed by atoms with Crippen LogP contribution in [0.15, 0.2) is 117 Å². The molecule has 0 fully saturated rings. The molecule has 464 valence electrons. The molecule has 0 aromatic rings.